The first-order chi connectivity index (χ1) is 23.6. The van der Waals surface area contributed by atoms with Crippen LogP contribution < -0.4 is 21.8 Å². The average molecular weight is 757 g/mol. The highest BCUT2D eigenvalue weighted by molar-refractivity contribution is 8.03. The van der Waals surface area contributed by atoms with E-state index in [-0.39, 0.29) is 43.9 Å². The molecule has 6 rings (SSSR count). The molecule has 4 atom stereocenters. The number of amides is 5. The van der Waals surface area contributed by atoms with Crippen LogP contribution in [0.3, 0.4) is 0 Å². The number of aliphatic hydroxyl groups excluding tert-OH is 1. The Kier molecular flexibility index (Phi) is 9.19. The second kappa shape index (κ2) is 13.0. The Balaban J connectivity index is 1.15. The Morgan fingerprint density at radius 2 is 1.86 bits per heavy atom. The molecule has 0 bridgehead atoms. The molecule has 268 valence electrons. The number of rotatable bonds is 11. The van der Waals surface area contributed by atoms with E-state index >= 15 is 0 Å². The number of halogens is 1. The second-order valence-electron chi connectivity index (χ2n) is 11.7. The third-order valence-corrected chi connectivity index (χ3v) is 11.7. The number of Topliss-reactive ketones (excluding diaryl/α,β-unsaturated/α-hetero) is 1. The van der Waals surface area contributed by atoms with Crippen molar-refractivity contribution in [3.63, 3.8) is 0 Å². The van der Waals surface area contributed by atoms with Crippen LogP contribution in [0.25, 0.3) is 0 Å². The molecular weight excluding hydrogens is 728 g/mol. The van der Waals surface area contributed by atoms with Gasteiger partial charge >= 0.3 is 17.9 Å². The van der Waals surface area contributed by atoms with E-state index in [2.05, 4.69) is 21.2 Å². The number of nitrogens with one attached hydrogen (secondary N) is 3. The lowest BCUT2D eigenvalue weighted by molar-refractivity contribution is -0.178. The predicted molar refractivity (Wildman–Crippen MR) is 172 cm³/mol. The Hall–Kier alpha value is -4.48. The standard InChI is InChI=1S/C27H29ClN8O12S2/c28-13-10(2-3-12(37)17(13)39)16(38)19(41)32-36-7-6-35(25(36)47)27(23(45)46)9-34-20(42)15(21(34)50-27)31-18(40)14(11-8-49-24(29)30-11)33-48-26(22(43)44)4-1-5-26/h2-3,8,15,21,23-24,30,37,39,45-46H,1,4-7,9,29H2,(H,31,40)(H,32,41)(H,43,44)/b33-14-/t15?,21-,24?,27-/m1/s1. The number of thioether (sulfide) groups is 2. The van der Waals surface area contributed by atoms with Gasteiger partial charge in [-0.05, 0) is 18.6 Å². The molecule has 3 saturated heterocycles. The van der Waals surface area contributed by atoms with Crippen LogP contribution in [0.5, 0.6) is 11.5 Å². The van der Waals surface area contributed by atoms with Crippen molar-refractivity contribution in [2.75, 3.05) is 19.6 Å². The minimum absolute atomic E-state index is 0.121. The fourth-order valence-electron chi connectivity index (χ4n) is 5.78. The van der Waals surface area contributed by atoms with Gasteiger partial charge < -0.3 is 51.6 Å². The van der Waals surface area contributed by atoms with E-state index in [1.807, 2.05) is 0 Å². The van der Waals surface area contributed by atoms with Gasteiger partial charge in [-0.15, -0.1) is 0 Å². The summed E-state index contributed by atoms with van der Waals surface area (Å²) in [5.74, 6) is -6.83. The van der Waals surface area contributed by atoms with Crippen LogP contribution in [0.2, 0.25) is 5.02 Å². The molecule has 1 saturated carbocycles. The van der Waals surface area contributed by atoms with Crippen molar-refractivity contribution in [1.82, 2.24) is 30.9 Å². The number of carbonyl (C=O) groups excluding carboxylic acids is 5. The van der Waals surface area contributed by atoms with Gasteiger partial charge in [-0.3, -0.25) is 29.5 Å². The Morgan fingerprint density at radius 1 is 1.14 bits per heavy atom. The second-order valence-corrected chi connectivity index (χ2v) is 14.5. The first-order valence-electron chi connectivity index (χ1n) is 14.8. The van der Waals surface area contributed by atoms with Gasteiger partial charge in [0.2, 0.25) is 11.5 Å². The SMILES string of the molecule is NC1NC(/C(=N/OC2(C(=O)O)CCC2)C(=O)NC2C(=O)N3C[C@@](C(O)O)(N4CCN(NC(=O)C(=O)c5ccc(O)c(O)c5Cl)C4=O)S[C@H]23)=CS1. The summed E-state index contributed by atoms with van der Waals surface area (Å²) in [4.78, 5) is 83.0. The van der Waals surface area contributed by atoms with Crippen LogP contribution in [0, 0.1) is 0 Å². The summed E-state index contributed by atoms with van der Waals surface area (Å²) in [5.41, 5.74) is 5.01. The minimum atomic E-state index is -2.23. The number of hydrogen-bond donors (Lipinski definition) is 9. The van der Waals surface area contributed by atoms with E-state index in [0.717, 1.165) is 45.6 Å². The summed E-state index contributed by atoms with van der Waals surface area (Å²) >= 11 is 7.79. The lowest BCUT2D eigenvalue weighted by Crippen LogP contribution is -2.68. The first-order valence-corrected chi connectivity index (χ1v) is 17.0. The number of nitrogens with two attached hydrogens (primary N) is 1. The van der Waals surface area contributed by atoms with Gasteiger partial charge in [0.15, 0.2) is 28.4 Å². The maximum Gasteiger partial charge on any atom is 0.350 e. The number of hydrogen-bond acceptors (Lipinski definition) is 16. The summed E-state index contributed by atoms with van der Waals surface area (Å²) in [5, 5.41) is 60.0. The first kappa shape index (κ1) is 35.3. The number of urea groups is 1. The molecule has 20 nitrogen and oxygen atoms in total. The van der Waals surface area contributed by atoms with Crippen LogP contribution in [0.15, 0.2) is 28.4 Å². The maximum atomic E-state index is 13.5. The molecule has 4 fully saturated rings. The monoisotopic (exact) mass is 756 g/mol. The van der Waals surface area contributed by atoms with Gasteiger partial charge in [0, 0.05) is 24.8 Å². The molecule has 1 aromatic rings. The smallest absolute Gasteiger partial charge is 0.350 e. The third-order valence-electron chi connectivity index (χ3n) is 8.76. The van der Waals surface area contributed by atoms with Crippen LogP contribution in [0.1, 0.15) is 29.6 Å². The Bertz CT molecular complexity index is 1760. The van der Waals surface area contributed by atoms with Crippen LogP contribution in [0.4, 0.5) is 4.79 Å². The third kappa shape index (κ3) is 5.80. The molecule has 0 spiro atoms. The number of carboxylic acids is 1. The molecule has 0 aromatic heterocycles. The summed E-state index contributed by atoms with van der Waals surface area (Å²) in [7, 11) is 0. The molecule has 1 aromatic carbocycles. The normalized spacial score (nSPS) is 26.9. The van der Waals surface area contributed by atoms with Gasteiger partial charge in [0.05, 0.1) is 29.4 Å². The highest BCUT2D eigenvalue weighted by atomic mass is 35.5. The van der Waals surface area contributed by atoms with Crippen LogP contribution >= 0.6 is 35.1 Å². The lowest BCUT2D eigenvalue weighted by Gasteiger charge is -2.41. The summed E-state index contributed by atoms with van der Waals surface area (Å²) in [6.45, 7) is -0.800. The van der Waals surface area contributed by atoms with Gasteiger partial charge in [-0.25, -0.2) is 14.6 Å². The lowest BCUT2D eigenvalue weighted by atomic mass is 9.80. The number of aromatic hydroxyl groups is 2. The zero-order valence-electron chi connectivity index (χ0n) is 25.4. The van der Waals surface area contributed by atoms with Gasteiger partial charge in [0.1, 0.15) is 16.9 Å². The van der Waals surface area contributed by atoms with Gasteiger partial charge in [-0.1, -0.05) is 40.3 Å². The number of hydrazine groups is 1. The van der Waals surface area contributed by atoms with E-state index in [0.29, 0.717) is 6.42 Å². The molecule has 1 aliphatic carbocycles. The van der Waals surface area contributed by atoms with E-state index in [4.69, 9.17) is 22.2 Å². The minimum Gasteiger partial charge on any atom is -0.504 e. The van der Waals surface area contributed by atoms with Gasteiger partial charge in [-0.2, -0.15) is 0 Å². The highest BCUT2D eigenvalue weighted by Gasteiger charge is 2.65. The number of β-lactam (4-membered cyclic amide) rings is 1. The molecule has 5 aliphatic rings. The number of phenols is 2. The number of phenolic OH excluding ortho intramolecular Hbond substituents is 2. The van der Waals surface area contributed by atoms with E-state index < -0.39 is 91.3 Å². The molecule has 5 amide bonds. The Labute approximate surface area is 294 Å². The number of ketones is 1. The number of oxime groups is 1. The number of benzene rings is 1. The zero-order valence-corrected chi connectivity index (χ0v) is 27.8. The predicted octanol–water partition coefficient (Wildman–Crippen LogP) is -2.09. The van der Waals surface area contributed by atoms with Crippen molar-refractivity contribution in [3.05, 3.63) is 33.8 Å². The maximum absolute atomic E-state index is 13.5. The summed E-state index contributed by atoms with van der Waals surface area (Å²) < 4.78 is 0. The number of aliphatic carboxylic acids is 1. The molecule has 0 radical (unpaired) electrons. The summed E-state index contributed by atoms with van der Waals surface area (Å²) in [6.07, 6.45) is -1.30. The van der Waals surface area contributed by atoms with Crippen molar-refractivity contribution in [1.29, 1.82) is 0 Å². The molecule has 23 heteroatoms. The van der Waals surface area contributed by atoms with Crippen molar-refractivity contribution in [3.8, 4) is 11.5 Å². The quantitative estimate of drug-likeness (QED) is 0.0222. The Morgan fingerprint density at radius 3 is 2.46 bits per heavy atom. The number of carboxylic acid groups (broad SMARTS) is 1. The molecule has 4 aliphatic heterocycles. The van der Waals surface area contributed by atoms with Gasteiger partial charge in [0.25, 0.3) is 11.7 Å². The topological polar surface area (TPSA) is 297 Å². The largest absolute Gasteiger partial charge is 0.504 e. The molecule has 50 heavy (non-hydrogen) atoms. The number of fused-ring (bicyclic) bond motifs is 1. The van der Waals surface area contributed by atoms with Crippen LogP contribution in [-0.4, -0.2) is 135 Å². The molecule has 10 N–H and O–H groups in total. The zero-order chi connectivity index (χ0) is 36.3. The molecule has 2 unspecified atom stereocenters. The highest BCUT2D eigenvalue weighted by Crippen LogP contribution is 2.50. The number of aliphatic hydroxyl groups is 2. The fourth-order valence-corrected chi connectivity index (χ4v) is 8.36. The molecular formula is C27H29ClN8O12S2. The molecule has 4 heterocycles. The van der Waals surface area contributed by atoms with E-state index in [1.165, 1.54) is 10.3 Å². The van der Waals surface area contributed by atoms with Crippen molar-refractivity contribution < 1.29 is 59.1 Å². The summed E-state index contributed by atoms with van der Waals surface area (Å²) in [6, 6.07) is -0.253. The van der Waals surface area contributed by atoms with Crippen molar-refractivity contribution in [2.24, 2.45) is 10.9 Å². The van der Waals surface area contributed by atoms with Crippen molar-refractivity contribution >= 4 is 76.3 Å². The van der Waals surface area contributed by atoms with Crippen LogP contribution in [-0.2, 0) is 24.0 Å². The van der Waals surface area contributed by atoms with E-state index in [9.17, 15) is 54.3 Å². The van der Waals surface area contributed by atoms with E-state index in [1.54, 1.807) is 0 Å². The number of nitrogens with zero attached hydrogens (tertiary/aromatic N) is 4. The van der Waals surface area contributed by atoms with Crippen molar-refractivity contribution in [2.45, 2.75) is 52.9 Å². The number of carbonyl (C=O) groups is 6. The average Bonchev–Trinajstić information content (AvgIpc) is 3.75. The fraction of sp³-hybridized carbons (Fsp3) is 0.444.